The molecule has 1 heterocycles. The fraction of sp³-hybridized carbons (Fsp3) is 0.538. The van der Waals surface area contributed by atoms with E-state index in [1.165, 1.54) is 31.3 Å². The zero-order valence-corrected chi connectivity index (χ0v) is 10.7. The third-order valence-electron chi connectivity index (χ3n) is 3.24. The van der Waals surface area contributed by atoms with Crippen LogP contribution in [0.5, 0.6) is 0 Å². The van der Waals surface area contributed by atoms with Gasteiger partial charge in [0, 0.05) is 0 Å². The molecule has 17 heavy (non-hydrogen) atoms. The van der Waals surface area contributed by atoms with E-state index in [-0.39, 0.29) is 6.04 Å². The minimum atomic E-state index is -0.0411. The van der Waals surface area contributed by atoms with Gasteiger partial charge in [-0.05, 0) is 55.0 Å². The van der Waals surface area contributed by atoms with Crippen molar-refractivity contribution in [2.75, 3.05) is 0 Å². The number of hydrazine groups is 1. The van der Waals surface area contributed by atoms with Crippen molar-refractivity contribution in [1.29, 1.82) is 0 Å². The highest BCUT2D eigenvalue weighted by molar-refractivity contribution is 6.28. The Bertz CT molecular complexity index is 387. The summed E-state index contributed by atoms with van der Waals surface area (Å²) in [7, 11) is 0. The smallest absolute Gasteiger partial charge is 0.193 e. The molecule has 3 N–H and O–H groups in total. The summed E-state index contributed by atoms with van der Waals surface area (Å²) >= 11 is 5.80. The third-order valence-corrected chi connectivity index (χ3v) is 3.45. The number of nitrogens with two attached hydrogens (primary N) is 1. The predicted molar refractivity (Wildman–Crippen MR) is 69.6 cm³/mol. The van der Waals surface area contributed by atoms with Crippen molar-refractivity contribution >= 4 is 11.6 Å². The van der Waals surface area contributed by atoms with Crippen LogP contribution in [0.15, 0.2) is 28.2 Å². The molecule has 0 aromatic carbocycles. The Morgan fingerprint density at radius 1 is 1.24 bits per heavy atom. The van der Waals surface area contributed by atoms with Crippen LogP contribution in [0.3, 0.4) is 0 Å². The number of hydrogen-bond acceptors (Lipinski definition) is 3. The number of furan rings is 1. The molecule has 4 heteroatoms. The van der Waals surface area contributed by atoms with Gasteiger partial charge in [-0.25, -0.2) is 5.43 Å². The van der Waals surface area contributed by atoms with E-state index in [0.717, 1.165) is 18.6 Å². The predicted octanol–water partition coefficient (Wildman–Crippen LogP) is 3.72. The van der Waals surface area contributed by atoms with E-state index >= 15 is 0 Å². The Morgan fingerprint density at radius 3 is 2.76 bits per heavy atom. The van der Waals surface area contributed by atoms with Crippen LogP contribution >= 0.6 is 11.6 Å². The highest BCUT2D eigenvalue weighted by Gasteiger charge is 2.19. The van der Waals surface area contributed by atoms with Crippen LogP contribution in [-0.4, -0.2) is 0 Å². The lowest BCUT2D eigenvalue weighted by Crippen LogP contribution is -2.29. The molecule has 1 aromatic rings. The van der Waals surface area contributed by atoms with Gasteiger partial charge in [0.25, 0.3) is 0 Å². The summed E-state index contributed by atoms with van der Waals surface area (Å²) in [6, 6.07) is 3.59. The zero-order chi connectivity index (χ0) is 12.1. The number of allylic oxidation sites excluding steroid dienone is 1. The molecule has 2 rings (SSSR count). The van der Waals surface area contributed by atoms with Crippen LogP contribution < -0.4 is 11.3 Å². The topological polar surface area (TPSA) is 51.2 Å². The van der Waals surface area contributed by atoms with Gasteiger partial charge in [0.15, 0.2) is 5.22 Å². The molecule has 1 aliphatic carbocycles. The van der Waals surface area contributed by atoms with E-state index in [1.807, 2.05) is 6.07 Å². The highest BCUT2D eigenvalue weighted by atomic mass is 35.5. The minimum absolute atomic E-state index is 0.0411. The Morgan fingerprint density at radius 2 is 2.06 bits per heavy atom. The summed E-state index contributed by atoms with van der Waals surface area (Å²) < 4.78 is 5.44. The molecule has 0 saturated carbocycles. The van der Waals surface area contributed by atoms with Gasteiger partial charge in [-0.3, -0.25) is 5.84 Å². The van der Waals surface area contributed by atoms with E-state index in [0.29, 0.717) is 5.22 Å². The molecule has 0 fully saturated rings. The normalized spacial score (nSPS) is 22.4. The molecule has 0 saturated heterocycles. The second-order valence-electron chi connectivity index (χ2n) is 4.47. The van der Waals surface area contributed by atoms with Gasteiger partial charge in [0.05, 0.1) is 6.04 Å². The third kappa shape index (κ3) is 3.35. The first kappa shape index (κ1) is 12.7. The fourth-order valence-electron chi connectivity index (χ4n) is 2.33. The monoisotopic (exact) mass is 254 g/mol. The molecule has 1 unspecified atom stereocenters. The van der Waals surface area contributed by atoms with Crippen molar-refractivity contribution in [2.24, 2.45) is 5.84 Å². The van der Waals surface area contributed by atoms with Crippen molar-refractivity contribution in [2.45, 2.75) is 44.6 Å². The van der Waals surface area contributed by atoms with Gasteiger partial charge in [0.2, 0.25) is 0 Å². The average molecular weight is 255 g/mol. The van der Waals surface area contributed by atoms with Gasteiger partial charge < -0.3 is 4.42 Å². The molecule has 94 valence electrons. The van der Waals surface area contributed by atoms with Crippen LogP contribution in [0.4, 0.5) is 0 Å². The van der Waals surface area contributed by atoms with Crippen molar-refractivity contribution in [3.63, 3.8) is 0 Å². The summed E-state index contributed by atoms with van der Waals surface area (Å²) in [5.74, 6) is 6.44. The van der Waals surface area contributed by atoms with E-state index in [9.17, 15) is 0 Å². The summed E-state index contributed by atoms with van der Waals surface area (Å²) in [6.07, 6.45) is 9.61. The molecule has 0 amide bonds. The van der Waals surface area contributed by atoms with Crippen LogP contribution in [0, 0.1) is 0 Å². The van der Waals surface area contributed by atoms with Crippen molar-refractivity contribution in [3.8, 4) is 0 Å². The number of rotatable bonds is 3. The molecule has 1 aromatic heterocycles. The van der Waals surface area contributed by atoms with Crippen LogP contribution in [0.25, 0.3) is 0 Å². The second-order valence-corrected chi connectivity index (χ2v) is 4.85. The summed E-state index contributed by atoms with van der Waals surface area (Å²) in [6.45, 7) is 0. The van der Waals surface area contributed by atoms with Gasteiger partial charge in [-0.2, -0.15) is 0 Å². The van der Waals surface area contributed by atoms with Crippen LogP contribution in [0.2, 0.25) is 5.22 Å². The number of hydrogen-bond donors (Lipinski definition) is 2. The van der Waals surface area contributed by atoms with E-state index in [4.69, 9.17) is 21.9 Å². The first-order valence-electron chi connectivity index (χ1n) is 6.21. The standard InChI is InChI=1S/C13H19ClN2O/c14-12-9-8-11(17-12)13(16-15)10-6-4-2-1-3-5-7-10/h6,8-9,13,16H,1-5,7,15H2/b10-6+. The summed E-state index contributed by atoms with van der Waals surface area (Å²) in [5, 5.41) is 0.409. The molecule has 3 nitrogen and oxygen atoms in total. The van der Waals surface area contributed by atoms with Gasteiger partial charge in [-0.1, -0.05) is 18.9 Å². The molecule has 1 aliphatic rings. The molecule has 1 atom stereocenters. The maximum absolute atomic E-state index is 5.80. The quantitative estimate of drug-likeness (QED) is 0.491. The SMILES string of the molecule is NNC(/C1=C/CCCCCC1)c1ccc(Cl)o1. The molecule has 0 radical (unpaired) electrons. The van der Waals surface area contributed by atoms with Crippen molar-refractivity contribution in [3.05, 3.63) is 34.8 Å². The first-order chi connectivity index (χ1) is 8.31. The Balaban J connectivity index is 2.16. The molecular weight excluding hydrogens is 236 g/mol. The van der Waals surface area contributed by atoms with E-state index in [2.05, 4.69) is 11.5 Å². The molecule has 0 bridgehead atoms. The lowest BCUT2D eigenvalue weighted by molar-refractivity contribution is 0.437. The maximum atomic E-state index is 5.80. The number of nitrogens with one attached hydrogen (secondary N) is 1. The van der Waals surface area contributed by atoms with Crippen molar-refractivity contribution < 1.29 is 4.42 Å². The largest absolute Gasteiger partial charge is 0.448 e. The summed E-state index contributed by atoms with van der Waals surface area (Å²) in [4.78, 5) is 0. The van der Waals surface area contributed by atoms with E-state index in [1.54, 1.807) is 6.07 Å². The van der Waals surface area contributed by atoms with Gasteiger partial charge in [0.1, 0.15) is 5.76 Å². The first-order valence-corrected chi connectivity index (χ1v) is 6.59. The highest BCUT2D eigenvalue weighted by Crippen LogP contribution is 2.30. The molecule has 0 spiro atoms. The van der Waals surface area contributed by atoms with Crippen molar-refractivity contribution in [1.82, 2.24) is 5.43 Å². The average Bonchev–Trinajstić information content (AvgIpc) is 2.68. The van der Waals surface area contributed by atoms with Gasteiger partial charge >= 0.3 is 0 Å². The zero-order valence-electron chi connectivity index (χ0n) is 9.92. The molecular formula is C13H19ClN2O. The Labute approximate surface area is 107 Å². The second kappa shape index (κ2) is 6.24. The lowest BCUT2D eigenvalue weighted by Gasteiger charge is -2.19. The fourth-order valence-corrected chi connectivity index (χ4v) is 2.49. The van der Waals surface area contributed by atoms with E-state index < -0.39 is 0 Å². The Hall–Kier alpha value is -0.770. The summed E-state index contributed by atoms with van der Waals surface area (Å²) in [5.41, 5.74) is 4.15. The van der Waals surface area contributed by atoms with Crippen LogP contribution in [0.1, 0.15) is 50.3 Å². The van der Waals surface area contributed by atoms with Gasteiger partial charge in [-0.15, -0.1) is 0 Å². The molecule has 0 aliphatic heterocycles. The maximum Gasteiger partial charge on any atom is 0.193 e. The lowest BCUT2D eigenvalue weighted by atomic mass is 9.94. The van der Waals surface area contributed by atoms with Crippen LogP contribution in [-0.2, 0) is 0 Å². The minimum Gasteiger partial charge on any atom is -0.448 e. The Kier molecular flexibility index (Phi) is 4.66. The number of halogens is 1.